The monoisotopic (exact) mass is 396 g/mol. The summed E-state index contributed by atoms with van der Waals surface area (Å²) in [5.74, 6) is -2.61. The number of methoxy groups -OCH3 is 1. The number of rotatable bonds is 5. The Morgan fingerprint density at radius 2 is 1.89 bits per heavy atom. The minimum Gasteiger partial charge on any atom is -0.465 e. The molecule has 0 bridgehead atoms. The maximum absolute atomic E-state index is 13.9. The number of carbonyl (C=O) groups excluding carboxylic acids is 2. The van der Waals surface area contributed by atoms with Crippen LogP contribution in [0.25, 0.3) is 0 Å². The van der Waals surface area contributed by atoms with Crippen molar-refractivity contribution in [1.29, 1.82) is 0 Å². The number of carbonyl (C=O) groups is 2. The number of hydrogen-bond donors (Lipinski definition) is 1. The molecule has 0 radical (unpaired) electrons. The van der Waals surface area contributed by atoms with Gasteiger partial charge in [-0.05, 0) is 43.2 Å². The van der Waals surface area contributed by atoms with E-state index in [0.29, 0.717) is 13.1 Å². The highest BCUT2D eigenvalue weighted by Crippen LogP contribution is 2.24. The molecule has 1 aromatic carbocycles. The van der Waals surface area contributed by atoms with Crippen LogP contribution < -0.4 is 5.32 Å². The summed E-state index contributed by atoms with van der Waals surface area (Å²) in [5.41, 5.74) is -0.214. The fourth-order valence-corrected chi connectivity index (χ4v) is 4.11. The fraction of sp³-hybridized carbons (Fsp3) is 0.294. The van der Waals surface area contributed by atoms with Crippen molar-refractivity contribution < 1.29 is 31.6 Å². The summed E-state index contributed by atoms with van der Waals surface area (Å²) in [6.45, 7) is 0.798. The van der Waals surface area contributed by atoms with Gasteiger partial charge < -0.3 is 14.5 Å². The maximum Gasteiger partial charge on any atom is 0.337 e. The molecule has 27 heavy (non-hydrogen) atoms. The van der Waals surface area contributed by atoms with Gasteiger partial charge in [-0.1, -0.05) is 0 Å². The second-order valence-corrected chi connectivity index (χ2v) is 7.74. The molecule has 3 rings (SSSR count). The summed E-state index contributed by atoms with van der Waals surface area (Å²) >= 11 is 0. The molecule has 2 heterocycles. The zero-order valence-electron chi connectivity index (χ0n) is 14.4. The van der Waals surface area contributed by atoms with E-state index in [-0.39, 0.29) is 22.1 Å². The van der Waals surface area contributed by atoms with E-state index >= 15 is 0 Å². The first-order valence-corrected chi connectivity index (χ1v) is 9.56. The number of sulfonamides is 1. The Morgan fingerprint density at radius 1 is 1.19 bits per heavy atom. The zero-order chi connectivity index (χ0) is 19.6. The predicted octanol–water partition coefficient (Wildman–Crippen LogP) is 2.24. The van der Waals surface area contributed by atoms with Crippen LogP contribution in [-0.4, -0.2) is 44.8 Å². The van der Waals surface area contributed by atoms with Crippen molar-refractivity contribution in [3.8, 4) is 0 Å². The third-order valence-corrected chi connectivity index (χ3v) is 5.87. The highest BCUT2D eigenvalue weighted by Gasteiger charge is 2.30. The lowest BCUT2D eigenvalue weighted by Crippen LogP contribution is -2.27. The van der Waals surface area contributed by atoms with E-state index in [4.69, 9.17) is 4.42 Å². The number of ether oxygens (including phenoxy) is 1. The maximum atomic E-state index is 13.9. The standard InChI is InChI=1S/C17H17FN2O6S/c1-25-17(22)11-4-5-12(18)13(10-11)19-16(21)14-6-7-15(26-14)27(23,24)20-8-2-3-9-20/h4-7,10H,2-3,8-9H2,1H3,(H,19,21). The smallest absolute Gasteiger partial charge is 0.337 e. The van der Waals surface area contributed by atoms with Gasteiger partial charge in [0.25, 0.3) is 15.9 Å². The first-order valence-electron chi connectivity index (χ1n) is 8.12. The molecule has 1 amide bonds. The molecule has 1 aliphatic heterocycles. The van der Waals surface area contributed by atoms with Crippen LogP contribution in [-0.2, 0) is 14.8 Å². The summed E-state index contributed by atoms with van der Waals surface area (Å²) in [4.78, 5) is 23.8. The minimum atomic E-state index is -3.80. The summed E-state index contributed by atoms with van der Waals surface area (Å²) in [5, 5.41) is 1.91. The summed E-state index contributed by atoms with van der Waals surface area (Å²) in [6.07, 6.45) is 1.53. The van der Waals surface area contributed by atoms with Crippen LogP contribution in [0.15, 0.2) is 39.8 Å². The third kappa shape index (κ3) is 3.86. The molecule has 0 saturated carbocycles. The second-order valence-electron chi connectivity index (χ2n) is 5.87. The molecule has 8 nitrogen and oxygen atoms in total. The molecular weight excluding hydrogens is 379 g/mol. The Hall–Kier alpha value is -2.72. The molecule has 1 saturated heterocycles. The molecule has 0 unspecified atom stereocenters. The van der Waals surface area contributed by atoms with E-state index in [1.54, 1.807) is 0 Å². The lowest BCUT2D eigenvalue weighted by Gasteiger charge is -2.12. The van der Waals surface area contributed by atoms with Crippen molar-refractivity contribution >= 4 is 27.6 Å². The lowest BCUT2D eigenvalue weighted by molar-refractivity contribution is 0.0600. The fourth-order valence-electron chi connectivity index (χ4n) is 2.69. The molecule has 1 aliphatic rings. The van der Waals surface area contributed by atoms with Crippen molar-refractivity contribution in [1.82, 2.24) is 4.31 Å². The quantitative estimate of drug-likeness (QED) is 0.777. The zero-order valence-corrected chi connectivity index (χ0v) is 15.2. The number of hydrogen-bond acceptors (Lipinski definition) is 6. The van der Waals surface area contributed by atoms with E-state index in [0.717, 1.165) is 25.0 Å². The minimum absolute atomic E-state index is 0.0472. The molecule has 1 N–H and O–H groups in total. The SMILES string of the molecule is COC(=O)c1ccc(F)c(NC(=O)c2ccc(S(=O)(=O)N3CCCC3)o2)c1. The van der Waals surface area contributed by atoms with Crippen LogP contribution in [0.3, 0.4) is 0 Å². The third-order valence-electron chi connectivity index (χ3n) is 4.10. The lowest BCUT2D eigenvalue weighted by atomic mass is 10.2. The number of benzene rings is 1. The first-order chi connectivity index (χ1) is 12.8. The van der Waals surface area contributed by atoms with Crippen molar-refractivity contribution in [2.45, 2.75) is 17.9 Å². The first kappa shape index (κ1) is 19.1. The Balaban J connectivity index is 1.80. The second kappa shape index (κ2) is 7.49. The van der Waals surface area contributed by atoms with Gasteiger partial charge in [0.2, 0.25) is 5.09 Å². The summed E-state index contributed by atoms with van der Waals surface area (Å²) < 4.78 is 49.8. The highest BCUT2D eigenvalue weighted by atomic mass is 32.2. The molecule has 1 fully saturated rings. The number of nitrogens with zero attached hydrogens (tertiary/aromatic N) is 1. The Kier molecular flexibility index (Phi) is 5.29. The van der Waals surface area contributed by atoms with E-state index in [2.05, 4.69) is 10.1 Å². The number of amides is 1. The van der Waals surface area contributed by atoms with Gasteiger partial charge in [-0.2, -0.15) is 4.31 Å². The van der Waals surface area contributed by atoms with Gasteiger partial charge in [0.05, 0.1) is 18.4 Å². The van der Waals surface area contributed by atoms with Crippen molar-refractivity contribution in [3.05, 3.63) is 47.5 Å². The van der Waals surface area contributed by atoms with Gasteiger partial charge in [-0.25, -0.2) is 17.6 Å². The molecule has 1 aromatic heterocycles. The van der Waals surface area contributed by atoms with Crippen LogP contribution >= 0.6 is 0 Å². The largest absolute Gasteiger partial charge is 0.465 e. The van der Waals surface area contributed by atoms with E-state index in [9.17, 15) is 22.4 Å². The normalized spacial score (nSPS) is 14.9. The average Bonchev–Trinajstić information content (AvgIpc) is 3.35. The molecule has 0 atom stereocenters. The number of furan rings is 1. The average molecular weight is 396 g/mol. The molecular formula is C17H17FN2O6S. The Morgan fingerprint density at radius 3 is 2.56 bits per heavy atom. The van der Waals surface area contributed by atoms with E-state index in [1.807, 2.05) is 0 Å². The van der Waals surface area contributed by atoms with Crippen molar-refractivity contribution in [2.24, 2.45) is 0 Å². The van der Waals surface area contributed by atoms with Gasteiger partial charge in [-0.15, -0.1) is 0 Å². The van der Waals surface area contributed by atoms with E-state index < -0.39 is 27.7 Å². The number of nitrogens with one attached hydrogen (secondary N) is 1. The molecule has 0 aliphatic carbocycles. The highest BCUT2D eigenvalue weighted by molar-refractivity contribution is 7.89. The number of halogens is 1. The van der Waals surface area contributed by atoms with Crippen molar-refractivity contribution in [3.63, 3.8) is 0 Å². The number of anilines is 1. The van der Waals surface area contributed by atoms with Gasteiger partial charge in [0.1, 0.15) is 5.82 Å². The Labute approximate surface area is 155 Å². The van der Waals surface area contributed by atoms with Crippen LogP contribution in [0.4, 0.5) is 10.1 Å². The van der Waals surface area contributed by atoms with Crippen LogP contribution in [0.5, 0.6) is 0 Å². The Bertz CT molecular complexity index is 979. The van der Waals surface area contributed by atoms with Crippen LogP contribution in [0.2, 0.25) is 0 Å². The van der Waals surface area contributed by atoms with E-state index in [1.165, 1.54) is 29.6 Å². The van der Waals surface area contributed by atoms with Crippen LogP contribution in [0, 0.1) is 5.82 Å². The predicted molar refractivity (Wildman–Crippen MR) is 92.4 cm³/mol. The topological polar surface area (TPSA) is 106 Å². The van der Waals surface area contributed by atoms with Gasteiger partial charge in [0.15, 0.2) is 5.76 Å². The van der Waals surface area contributed by atoms with Crippen LogP contribution in [0.1, 0.15) is 33.8 Å². The molecule has 0 spiro atoms. The molecule has 2 aromatic rings. The molecule has 10 heteroatoms. The van der Waals surface area contributed by atoms with Gasteiger partial charge >= 0.3 is 5.97 Å². The van der Waals surface area contributed by atoms with Gasteiger partial charge in [0, 0.05) is 13.1 Å². The van der Waals surface area contributed by atoms with Crippen molar-refractivity contribution in [2.75, 3.05) is 25.5 Å². The summed E-state index contributed by atoms with van der Waals surface area (Å²) in [7, 11) is -2.63. The summed E-state index contributed by atoms with van der Waals surface area (Å²) in [6, 6.07) is 5.71. The molecule has 144 valence electrons. The van der Waals surface area contributed by atoms with Gasteiger partial charge in [-0.3, -0.25) is 4.79 Å². The number of esters is 1.